The highest BCUT2D eigenvalue weighted by Gasteiger charge is 2.26. The van der Waals surface area contributed by atoms with Crippen LogP contribution in [0.5, 0.6) is 0 Å². The monoisotopic (exact) mass is 378 g/mol. The van der Waals surface area contributed by atoms with E-state index in [4.69, 9.17) is 0 Å². The third-order valence-corrected chi connectivity index (χ3v) is 5.36. The number of imidazole rings is 1. The van der Waals surface area contributed by atoms with E-state index in [-0.39, 0.29) is 5.91 Å². The molecular weight excluding hydrogens is 352 g/mol. The molecule has 1 saturated heterocycles. The summed E-state index contributed by atoms with van der Waals surface area (Å²) in [5, 5.41) is 4.35. The van der Waals surface area contributed by atoms with Gasteiger partial charge in [-0.15, -0.1) is 0 Å². The molecule has 3 aromatic heterocycles. The van der Waals surface area contributed by atoms with E-state index in [1.54, 1.807) is 6.20 Å². The number of amides is 1. The van der Waals surface area contributed by atoms with Crippen LogP contribution in [0.2, 0.25) is 0 Å². The van der Waals surface area contributed by atoms with E-state index in [2.05, 4.69) is 25.7 Å². The van der Waals surface area contributed by atoms with E-state index < -0.39 is 0 Å². The maximum absolute atomic E-state index is 12.5. The average Bonchev–Trinajstić information content (AvgIpc) is 3.36. The van der Waals surface area contributed by atoms with E-state index in [0.29, 0.717) is 18.9 Å². The predicted octanol–water partition coefficient (Wildman–Crippen LogP) is 2.63. The van der Waals surface area contributed by atoms with Crippen LogP contribution in [-0.2, 0) is 17.9 Å². The van der Waals surface area contributed by atoms with Crippen molar-refractivity contribution in [1.29, 1.82) is 0 Å². The Morgan fingerprint density at radius 3 is 2.75 bits per heavy atom. The maximum atomic E-state index is 12.5. The fraction of sp³-hybridized carbons (Fsp3) is 0.429. The lowest BCUT2D eigenvalue weighted by Gasteiger charge is -2.32. The molecule has 1 aliphatic heterocycles. The highest BCUT2D eigenvalue weighted by atomic mass is 16.2. The number of hydrogen-bond acceptors (Lipinski definition) is 4. The second kappa shape index (κ2) is 8.37. The van der Waals surface area contributed by atoms with Gasteiger partial charge >= 0.3 is 0 Å². The van der Waals surface area contributed by atoms with Crippen molar-refractivity contribution < 1.29 is 4.79 Å². The molecule has 0 saturated carbocycles. The number of aromatic nitrogens is 5. The van der Waals surface area contributed by atoms with Crippen molar-refractivity contribution in [2.24, 2.45) is 0 Å². The quantitative estimate of drug-likeness (QED) is 0.661. The van der Waals surface area contributed by atoms with Crippen molar-refractivity contribution in [3.63, 3.8) is 0 Å². The smallest absolute Gasteiger partial charge is 0.224 e. The molecule has 0 bridgehead atoms. The first-order chi connectivity index (χ1) is 13.7. The van der Waals surface area contributed by atoms with Crippen LogP contribution in [0.3, 0.4) is 0 Å². The largest absolute Gasteiger partial charge is 0.343 e. The Hall–Kier alpha value is -2.96. The Morgan fingerprint density at radius 1 is 1.18 bits per heavy atom. The van der Waals surface area contributed by atoms with Crippen LogP contribution < -0.4 is 0 Å². The van der Waals surface area contributed by atoms with Crippen molar-refractivity contribution in [1.82, 2.24) is 29.2 Å². The van der Waals surface area contributed by atoms with Gasteiger partial charge in [0.2, 0.25) is 5.91 Å². The van der Waals surface area contributed by atoms with Crippen LogP contribution >= 0.6 is 0 Å². The van der Waals surface area contributed by atoms with E-state index in [1.807, 2.05) is 53.4 Å². The number of carbonyl (C=O) groups excluding carboxylic acids is 1. The molecule has 1 aliphatic rings. The van der Waals surface area contributed by atoms with Crippen molar-refractivity contribution in [2.45, 2.75) is 45.2 Å². The minimum atomic E-state index is 0.213. The van der Waals surface area contributed by atoms with Gasteiger partial charge < -0.3 is 9.47 Å². The van der Waals surface area contributed by atoms with Gasteiger partial charge in [-0.25, -0.2) is 4.98 Å². The van der Waals surface area contributed by atoms with E-state index in [1.165, 1.54) is 5.56 Å². The Morgan fingerprint density at radius 2 is 2.04 bits per heavy atom. The van der Waals surface area contributed by atoms with E-state index in [9.17, 15) is 4.79 Å². The third kappa shape index (κ3) is 4.30. The van der Waals surface area contributed by atoms with Crippen molar-refractivity contribution in [3.8, 4) is 0 Å². The van der Waals surface area contributed by atoms with Gasteiger partial charge in [-0.2, -0.15) is 5.10 Å². The molecule has 0 spiro atoms. The number of aryl methyl sites for hydroxylation is 2. The minimum Gasteiger partial charge on any atom is -0.343 e. The molecule has 0 N–H and O–H groups in total. The standard InChI is InChI=1S/C21H26N6O/c1-17-4-12-27(24-17)13-7-20(28)25-10-5-19(6-11-25)21-23-9-14-26(21)16-18-3-2-8-22-15-18/h2-4,8-9,12,14-15,19H,5-7,10-11,13,16H2,1H3. The summed E-state index contributed by atoms with van der Waals surface area (Å²) >= 11 is 0. The van der Waals surface area contributed by atoms with Crippen molar-refractivity contribution in [3.05, 3.63) is 66.3 Å². The molecule has 0 atom stereocenters. The molecule has 7 nitrogen and oxygen atoms in total. The van der Waals surface area contributed by atoms with Crippen LogP contribution in [0.25, 0.3) is 0 Å². The third-order valence-electron chi connectivity index (χ3n) is 5.36. The first-order valence-corrected chi connectivity index (χ1v) is 9.87. The summed E-state index contributed by atoms with van der Waals surface area (Å²) in [6, 6.07) is 6.00. The zero-order valence-corrected chi connectivity index (χ0v) is 16.2. The van der Waals surface area contributed by atoms with Gasteiger partial charge in [0, 0.05) is 63.0 Å². The summed E-state index contributed by atoms with van der Waals surface area (Å²) in [6.07, 6.45) is 11.9. The van der Waals surface area contributed by atoms with Gasteiger partial charge in [0.05, 0.1) is 12.2 Å². The fourth-order valence-corrected chi connectivity index (χ4v) is 3.85. The van der Waals surface area contributed by atoms with Gasteiger partial charge in [-0.1, -0.05) is 6.07 Å². The number of pyridine rings is 1. The maximum Gasteiger partial charge on any atom is 0.224 e. The normalized spacial score (nSPS) is 15.1. The minimum absolute atomic E-state index is 0.213. The highest BCUT2D eigenvalue weighted by molar-refractivity contribution is 5.76. The Balaban J connectivity index is 1.31. The molecule has 4 rings (SSSR count). The van der Waals surface area contributed by atoms with Crippen LogP contribution in [0.4, 0.5) is 0 Å². The number of piperidine rings is 1. The lowest BCUT2D eigenvalue weighted by molar-refractivity contribution is -0.132. The number of rotatable bonds is 6. The second-order valence-electron chi connectivity index (χ2n) is 7.40. The highest BCUT2D eigenvalue weighted by Crippen LogP contribution is 2.27. The Kier molecular flexibility index (Phi) is 5.50. The van der Waals surface area contributed by atoms with Gasteiger partial charge in [-0.3, -0.25) is 14.5 Å². The molecular formula is C21H26N6O. The molecule has 7 heteroatoms. The van der Waals surface area contributed by atoms with E-state index >= 15 is 0 Å². The number of likely N-dealkylation sites (tertiary alicyclic amines) is 1. The van der Waals surface area contributed by atoms with Gasteiger partial charge in [0.15, 0.2) is 0 Å². The van der Waals surface area contributed by atoms with Crippen LogP contribution in [-0.4, -0.2) is 48.2 Å². The SMILES string of the molecule is Cc1ccn(CCC(=O)N2CCC(c3nccn3Cc3cccnc3)CC2)n1. The number of carbonyl (C=O) groups is 1. The van der Waals surface area contributed by atoms with Gasteiger partial charge in [-0.05, 0) is 37.5 Å². The molecule has 0 aliphatic carbocycles. The molecule has 1 amide bonds. The lowest BCUT2D eigenvalue weighted by Crippen LogP contribution is -2.38. The summed E-state index contributed by atoms with van der Waals surface area (Å²) in [5.74, 6) is 1.72. The molecule has 3 aromatic rings. The molecule has 0 unspecified atom stereocenters. The molecule has 146 valence electrons. The summed E-state index contributed by atoms with van der Waals surface area (Å²) < 4.78 is 4.05. The summed E-state index contributed by atoms with van der Waals surface area (Å²) in [4.78, 5) is 23.3. The summed E-state index contributed by atoms with van der Waals surface area (Å²) in [6.45, 7) is 4.97. The number of nitrogens with zero attached hydrogens (tertiary/aromatic N) is 6. The first kappa shape index (κ1) is 18.4. The van der Waals surface area contributed by atoms with Crippen LogP contribution in [0, 0.1) is 6.92 Å². The zero-order chi connectivity index (χ0) is 19.3. The molecule has 0 radical (unpaired) electrons. The van der Waals surface area contributed by atoms with E-state index in [0.717, 1.165) is 44.0 Å². The molecule has 0 aromatic carbocycles. The van der Waals surface area contributed by atoms with Crippen LogP contribution in [0.15, 0.2) is 49.2 Å². The molecule has 1 fully saturated rings. The lowest BCUT2D eigenvalue weighted by atomic mass is 9.95. The predicted molar refractivity (Wildman–Crippen MR) is 106 cm³/mol. The van der Waals surface area contributed by atoms with Gasteiger partial charge in [0.25, 0.3) is 0 Å². The Bertz CT molecular complexity index is 908. The zero-order valence-electron chi connectivity index (χ0n) is 16.2. The molecule has 4 heterocycles. The topological polar surface area (TPSA) is 68.8 Å². The Labute approximate surface area is 165 Å². The molecule has 28 heavy (non-hydrogen) atoms. The average molecular weight is 378 g/mol. The summed E-state index contributed by atoms with van der Waals surface area (Å²) in [7, 11) is 0. The number of hydrogen-bond donors (Lipinski definition) is 0. The van der Waals surface area contributed by atoms with Crippen LogP contribution in [0.1, 0.15) is 42.3 Å². The van der Waals surface area contributed by atoms with Gasteiger partial charge in [0.1, 0.15) is 5.82 Å². The first-order valence-electron chi connectivity index (χ1n) is 9.87. The fourth-order valence-electron chi connectivity index (χ4n) is 3.85. The summed E-state index contributed by atoms with van der Waals surface area (Å²) in [5.41, 5.74) is 2.15. The van der Waals surface area contributed by atoms with Crippen molar-refractivity contribution in [2.75, 3.05) is 13.1 Å². The second-order valence-corrected chi connectivity index (χ2v) is 7.40. The van der Waals surface area contributed by atoms with Crippen molar-refractivity contribution >= 4 is 5.91 Å².